The number of thiazole rings is 1. The average molecular weight is 351 g/mol. The second-order valence-corrected chi connectivity index (χ2v) is 8.68. The van der Waals surface area contributed by atoms with Gasteiger partial charge in [0.05, 0.1) is 16.3 Å². The van der Waals surface area contributed by atoms with E-state index >= 15 is 0 Å². The molecule has 0 bridgehead atoms. The number of rotatable bonds is 3. The highest BCUT2D eigenvalue weighted by Crippen LogP contribution is 2.30. The summed E-state index contributed by atoms with van der Waals surface area (Å²) < 4.78 is 7.63. The molecule has 23 heavy (non-hydrogen) atoms. The van der Waals surface area contributed by atoms with Gasteiger partial charge in [0.25, 0.3) is 0 Å². The summed E-state index contributed by atoms with van der Waals surface area (Å²) in [6.45, 7) is 6.99. The number of thioether (sulfide) groups is 1. The van der Waals surface area contributed by atoms with Crippen molar-refractivity contribution >= 4 is 45.1 Å². The molecule has 0 aliphatic carbocycles. The van der Waals surface area contributed by atoms with Crippen LogP contribution in [0.25, 0.3) is 10.2 Å². The molecule has 2 aromatic rings. The van der Waals surface area contributed by atoms with E-state index < -0.39 is 5.60 Å². The number of likely N-dealkylation sites (tertiary alicyclic amines) is 1. The van der Waals surface area contributed by atoms with Crippen molar-refractivity contribution in [3.8, 4) is 0 Å². The Hall–Kier alpha value is -1.47. The largest absolute Gasteiger partial charge is 0.444 e. The van der Waals surface area contributed by atoms with E-state index in [1.165, 1.54) is 4.70 Å². The fourth-order valence-electron chi connectivity index (χ4n) is 2.36. The Bertz CT molecular complexity index is 718. The quantitative estimate of drug-likeness (QED) is 0.846. The summed E-state index contributed by atoms with van der Waals surface area (Å²) in [6, 6.07) is 6.48. The van der Waals surface area contributed by atoms with Gasteiger partial charge in [0, 0.05) is 18.8 Å². The second kappa shape index (κ2) is 6.20. The van der Waals surface area contributed by atoms with Crippen molar-refractivity contribution in [2.45, 2.75) is 36.8 Å². The molecular formula is C16H21N3O2S2. The van der Waals surface area contributed by atoms with E-state index in [0.29, 0.717) is 13.1 Å². The maximum absolute atomic E-state index is 11.9. The molecule has 7 heteroatoms. The number of ether oxygens (including phenoxy) is 1. The summed E-state index contributed by atoms with van der Waals surface area (Å²) in [6.07, 6.45) is 1.80. The van der Waals surface area contributed by atoms with Gasteiger partial charge in [0.1, 0.15) is 5.60 Å². The molecule has 1 aliphatic rings. The first-order valence-electron chi connectivity index (χ1n) is 7.53. The highest BCUT2D eigenvalue weighted by Gasteiger charge is 2.33. The van der Waals surface area contributed by atoms with E-state index in [9.17, 15) is 4.79 Å². The molecule has 124 valence electrons. The lowest BCUT2D eigenvalue weighted by Crippen LogP contribution is -2.57. The first-order valence-corrected chi connectivity index (χ1v) is 9.57. The number of nitrogens with zero attached hydrogens (tertiary/aromatic N) is 2. The molecule has 1 aliphatic heterocycles. The first-order chi connectivity index (χ1) is 10.8. The van der Waals surface area contributed by atoms with Crippen LogP contribution >= 0.6 is 23.1 Å². The van der Waals surface area contributed by atoms with Gasteiger partial charge in [0.15, 0.2) is 4.34 Å². The molecule has 0 radical (unpaired) electrons. The minimum Gasteiger partial charge on any atom is -0.444 e. The zero-order valence-electron chi connectivity index (χ0n) is 13.8. The Morgan fingerprint density at radius 1 is 1.43 bits per heavy atom. The molecule has 1 fully saturated rings. The normalized spacial score (nSPS) is 15.6. The number of benzene rings is 1. The first kappa shape index (κ1) is 16.4. The minimum absolute atomic E-state index is 0.238. The van der Waals surface area contributed by atoms with E-state index in [1.807, 2.05) is 39.2 Å². The van der Waals surface area contributed by atoms with Gasteiger partial charge in [-0.1, -0.05) is 11.8 Å². The number of nitrogens with one attached hydrogen (secondary N) is 1. The van der Waals surface area contributed by atoms with Gasteiger partial charge in [-0.15, -0.1) is 11.3 Å². The zero-order chi connectivity index (χ0) is 16.6. The van der Waals surface area contributed by atoms with Crippen LogP contribution in [0.5, 0.6) is 0 Å². The predicted octanol–water partition coefficient (Wildman–Crippen LogP) is 4.05. The fourth-order valence-corrected chi connectivity index (χ4v) is 3.89. The third kappa shape index (κ3) is 3.90. The Morgan fingerprint density at radius 3 is 2.83 bits per heavy atom. The summed E-state index contributed by atoms with van der Waals surface area (Å²) in [4.78, 5) is 18.2. The van der Waals surface area contributed by atoms with Crippen molar-refractivity contribution in [2.24, 2.45) is 0 Å². The SMILES string of the molecule is CSc1nc2ccc(NC3CN(C(=O)OC(C)(C)C)C3)cc2s1. The number of carbonyl (C=O) groups is 1. The summed E-state index contributed by atoms with van der Waals surface area (Å²) >= 11 is 3.37. The molecular weight excluding hydrogens is 330 g/mol. The maximum Gasteiger partial charge on any atom is 0.410 e. The number of hydrogen-bond donors (Lipinski definition) is 1. The van der Waals surface area contributed by atoms with Gasteiger partial charge in [-0.3, -0.25) is 0 Å². The highest BCUT2D eigenvalue weighted by molar-refractivity contribution is 8.00. The monoisotopic (exact) mass is 351 g/mol. The number of amides is 1. The molecule has 0 saturated carbocycles. The Balaban J connectivity index is 1.56. The molecule has 0 unspecified atom stereocenters. The standard InChI is InChI=1S/C16H21N3O2S2/c1-16(2,3)21-15(20)19-8-11(9-19)17-10-5-6-12-13(7-10)23-14(18-12)22-4/h5-7,11,17H,8-9H2,1-4H3. The van der Waals surface area contributed by atoms with Gasteiger partial charge in [-0.05, 0) is 45.2 Å². The van der Waals surface area contributed by atoms with Gasteiger partial charge in [-0.25, -0.2) is 9.78 Å². The van der Waals surface area contributed by atoms with Crippen molar-refractivity contribution in [2.75, 3.05) is 24.7 Å². The lowest BCUT2D eigenvalue weighted by atomic mass is 10.1. The summed E-state index contributed by atoms with van der Waals surface area (Å²) in [7, 11) is 0. The molecule has 5 nitrogen and oxygen atoms in total. The smallest absolute Gasteiger partial charge is 0.410 e. The van der Waals surface area contributed by atoms with Crippen molar-refractivity contribution in [1.29, 1.82) is 0 Å². The summed E-state index contributed by atoms with van der Waals surface area (Å²) in [5.74, 6) is 0. The lowest BCUT2D eigenvalue weighted by molar-refractivity contribution is 0.0105. The van der Waals surface area contributed by atoms with Crippen LogP contribution in [0.4, 0.5) is 10.5 Å². The molecule has 0 atom stereocenters. The van der Waals surface area contributed by atoms with Crippen molar-refractivity contribution in [3.05, 3.63) is 18.2 Å². The van der Waals surface area contributed by atoms with Gasteiger partial charge < -0.3 is 15.0 Å². The van der Waals surface area contributed by atoms with Crippen LogP contribution in [0, 0.1) is 0 Å². The Morgan fingerprint density at radius 2 is 2.17 bits per heavy atom. The zero-order valence-corrected chi connectivity index (χ0v) is 15.4. The van der Waals surface area contributed by atoms with Gasteiger partial charge >= 0.3 is 6.09 Å². The van der Waals surface area contributed by atoms with E-state index in [1.54, 1.807) is 28.0 Å². The number of aromatic nitrogens is 1. The number of carbonyl (C=O) groups excluding carboxylic acids is 1. The van der Waals surface area contributed by atoms with Gasteiger partial charge in [0.2, 0.25) is 0 Å². The topological polar surface area (TPSA) is 54.5 Å². The predicted molar refractivity (Wildman–Crippen MR) is 96.6 cm³/mol. The van der Waals surface area contributed by atoms with E-state index in [0.717, 1.165) is 15.5 Å². The Labute approximate surface area is 144 Å². The summed E-state index contributed by atoms with van der Waals surface area (Å²) in [5.41, 5.74) is 1.67. The van der Waals surface area contributed by atoms with Crippen LogP contribution in [0.1, 0.15) is 20.8 Å². The van der Waals surface area contributed by atoms with Crippen molar-refractivity contribution < 1.29 is 9.53 Å². The fraction of sp³-hybridized carbons (Fsp3) is 0.500. The van der Waals surface area contributed by atoms with E-state index in [4.69, 9.17) is 4.74 Å². The molecule has 1 aromatic heterocycles. The van der Waals surface area contributed by atoms with Crippen LogP contribution in [0.15, 0.2) is 22.5 Å². The maximum atomic E-state index is 11.9. The number of fused-ring (bicyclic) bond motifs is 1. The third-order valence-electron chi connectivity index (χ3n) is 3.45. The van der Waals surface area contributed by atoms with Crippen molar-refractivity contribution in [1.82, 2.24) is 9.88 Å². The molecule has 1 N–H and O–H groups in total. The minimum atomic E-state index is -0.443. The lowest BCUT2D eigenvalue weighted by Gasteiger charge is -2.40. The highest BCUT2D eigenvalue weighted by atomic mass is 32.2. The molecule has 1 saturated heterocycles. The molecule has 0 spiro atoms. The van der Waals surface area contributed by atoms with Crippen LogP contribution in [-0.2, 0) is 4.74 Å². The van der Waals surface area contributed by atoms with Crippen LogP contribution < -0.4 is 5.32 Å². The Kier molecular flexibility index (Phi) is 4.42. The number of anilines is 1. The van der Waals surface area contributed by atoms with Crippen LogP contribution in [0.3, 0.4) is 0 Å². The van der Waals surface area contributed by atoms with Crippen LogP contribution in [-0.4, -0.2) is 47.0 Å². The second-order valence-electron chi connectivity index (χ2n) is 6.59. The molecule has 2 heterocycles. The van der Waals surface area contributed by atoms with Gasteiger partial charge in [-0.2, -0.15) is 0 Å². The molecule has 1 aromatic carbocycles. The molecule has 1 amide bonds. The summed E-state index contributed by atoms with van der Waals surface area (Å²) in [5, 5.41) is 3.47. The third-order valence-corrected chi connectivity index (χ3v) is 5.45. The molecule has 3 rings (SSSR count). The van der Waals surface area contributed by atoms with E-state index in [2.05, 4.69) is 16.4 Å². The average Bonchev–Trinajstić information content (AvgIpc) is 2.82. The van der Waals surface area contributed by atoms with E-state index in [-0.39, 0.29) is 12.1 Å². The number of hydrogen-bond acceptors (Lipinski definition) is 6. The van der Waals surface area contributed by atoms with Crippen LogP contribution in [0.2, 0.25) is 0 Å². The van der Waals surface area contributed by atoms with Crippen molar-refractivity contribution in [3.63, 3.8) is 0 Å².